The first-order valence-corrected chi connectivity index (χ1v) is 6.00. The number of aryl methyl sites for hydroxylation is 1. The van der Waals surface area contributed by atoms with E-state index in [1.165, 1.54) is 0 Å². The largest absolute Gasteiger partial charge is 0.444 e. The van der Waals surface area contributed by atoms with Crippen molar-refractivity contribution in [1.82, 2.24) is 15.0 Å². The second kappa shape index (κ2) is 5.95. The average molecular weight is 278 g/mol. The third-order valence-electron chi connectivity index (χ3n) is 2.38. The van der Waals surface area contributed by atoms with E-state index < -0.39 is 4.92 Å². The van der Waals surface area contributed by atoms with E-state index in [0.29, 0.717) is 24.1 Å². The maximum Gasteiger partial charge on any atom is 0.329 e. The molecule has 0 unspecified atom stereocenters. The predicted molar refractivity (Wildman–Crippen MR) is 71.4 cm³/mol. The van der Waals surface area contributed by atoms with Crippen LogP contribution in [0.5, 0.6) is 0 Å². The third-order valence-corrected chi connectivity index (χ3v) is 2.38. The molecule has 2 aromatic heterocycles. The van der Waals surface area contributed by atoms with E-state index in [9.17, 15) is 10.1 Å². The van der Waals surface area contributed by atoms with Gasteiger partial charge in [0, 0.05) is 6.54 Å². The van der Waals surface area contributed by atoms with Gasteiger partial charge >= 0.3 is 5.69 Å². The highest BCUT2D eigenvalue weighted by Crippen LogP contribution is 2.22. The minimum atomic E-state index is -0.543. The molecule has 2 rings (SSSR count). The van der Waals surface area contributed by atoms with E-state index in [4.69, 9.17) is 4.42 Å². The highest BCUT2D eigenvalue weighted by molar-refractivity contribution is 5.56. The summed E-state index contributed by atoms with van der Waals surface area (Å²) in [6.07, 6.45) is 2.74. The summed E-state index contributed by atoms with van der Waals surface area (Å²) in [5, 5.41) is 16.7. The molecule has 20 heavy (non-hydrogen) atoms. The van der Waals surface area contributed by atoms with Crippen molar-refractivity contribution in [2.24, 2.45) is 0 Å². The number of nitrogens with one attached hydrogen (secondary N) is 2. The van der Waals surface area contributed by atoms with Gasteiger partial charge in [0.2, 0.25) is 17.7 Å². The standard InChI is InChI=1S/C11H14N6O3/c1-3-12-11-15-5-8(17(18)19)10(16-11)14-6-9-13-4-7(2)20-9/h4-5H,3,6H2,1-2H3,(H2,12,14,15,16). The van der Waals surface area contributed by atoms with E-state index in [1.54, 1.807) is 13.1 Å². The maximum absolute atomic E-state index is 10.9. The van der Waals surface area contributed by atoms with Gasteiger partial charge in [-0.1, -0.05) is 0 Å². The van der Waals surface area contributed by atoms with Crippen molar-refractivity contribution in [3.8, 4) is 0 Å². The predicted octanol–water partition coefficient (Wildman–Crippen LogP) is 1.73. The molecule has 0 amide bonds. The number of nitrogens with zero attached hydrogens (tertiary/aromatic N) is 4. The number of aromatic nitrogens is 3. The van der Waals surface area contributed by atoms with Gasteiger partial charge in [-0.05, 0) is 13.8 Å². The van der Waals surface area contributed by atoms with Crippen LogP contribution >= 0.6 is 0 Å². The summed E-state index contributed by atoms with van der Waals surface area (Å²) in [7, 11) is 0. The van der Waals surface area contributed by atoms with Gasteiger partial charge in [-0.3, -0.25) is 10.1 Å². The molecule has 0 radical (unpaired) electrons. The van der Waals surface area contributed by atoms with Crippen molar-refractivity contribution in [3.63, 3.8) is 0 Å². The fraction of sp³-hybridized carbons (Fsp3) is 0.364. The van der Waals surface area contributed by atoms with E-state index in [2.05, 4.69) is 25.6 Å². The SMILES string of the molecule is CCNc1ncc([N+](=O)[O-])c(NCc2ncc(C)o2)n1. The van der Waals surface area contributed by atoms with Crippen molar-refractivity contribution < 1.29 is 9.34 Å². The van der Waals surface area contributed by atoms with Crippen molar-refractivity contribution >= 4 is 17.5 Å². The molecule has 0 aliphatic carbocycles. The van der Waals surface area contributed by atoms with Crippen LogP contribution in [0.4, 0.5) is 17.5 Å². The lowest BCUT2D eigenvalue weighted by atomic mass is 10.4. The smallest absolute Gasteiger partial charge is 0.329 e. The molecule has 0 bridgehead atoms. The number of rotatable bonds is 6. The molecular formula is C11H14N6O3. The van der Waals surface area contributed by atoms with Gasteiger partial charge < -0.3 is 15.1 Å². The lowest BCUT2D eigenvalue weighted by Gasteiger charge is -2.06. The second-order valence-electron chi connectivity index (χ2n) is 3.93. The Labute approximate surface area is 114 Å². The highest BCUT2D eigenvalue weighted by Gasteiger charge is 2.17. The van der Waals surface area contributed by atoms with Gasteiger partial charge in [0.05, 0.1) is 17.7 Å². The van der Waals surface area contributed by atoms with Gasteiger partial charge in [-0.25, -0.2) is 9.97 Å². The highest BCUT2D eigenvalue weighted by atomic mass is 16.6. The molecule has 0 aliphatic heterocycles. The molecule has 0 fully saturated rings. The summed E-state index contributed by atoms with van der Waals surface area (Å²) in [5.41, 5.74) is -0.199. The normalized spacial score (nSPS) is 10.3. The van der Waals surface area contributed by atoms with Crippen LogP contribution in [0.2, 0.25) is 0 Å². The van der Waals surface area contributed by atoms with Gasteiger partial charge in [0.15, 0.2) is 0 Å². The summed E-state index contributed by atoms with van der Waals surface area (Å²) in [6.45, 7) is 4.48. The van der Waals surface area contributed by atoms with Crippen LogP contribution in [0.3, 0.4) is 0 Å². The average Bonchev–Trinajstić information content (AvgIpc) is 2.82. The lowest BCUT2D eigenvalue weighted by molar-refractivity contribution is -0.384. The Morgan fingerprint density at radius 1 is 1.35 bits per heavy atom. The third kappa shape index (κ3) is 3.19. The molecule has 2 N–H and O–H groups in total. The van der Waals surface area contributed by atoms with Gasteiger partial charge in [-0.2, -0.15) is 4.98 Å². The van der Waals surface area contributed by atoms with Crippen molar-refractivity contribution in [2.45, 2.75) is 20.4 Å². The van der Waals surface area contributed by atoms with Gasteiger partial charge in [0.1, 0.15) is 12.0 Å². The number of nitro groups is 1. The fourth-order valence-electron chi connectivity index (χ4n) is 1.52. The van der Waals surface area contributed by atoms with Gasteiger partial charge in [-0.15, -0.1) is 0 Å². The van der Waals surface area contributed by atoms with Crippen LogP contribution in [-0.4, -0.2) is 26.4 Å². The van der Waals surface area contributed by atoms with E-state index >= 15 is 0 Å². The Hall–Kier alpha value is -2.71. The van der Waals surface area contributed by atoms with E-state index in [0.717, 1.165) is 6.20 Å². The molecule has 9 nitrogen and oxygen atoms in total. The number of anilines is 2. The Morgan fingerprint density at radius 2 is 2.15 bits per heavy atom. The van der Waals surface area contributed by atoms with Crippen molar-refractivity contribution in [1.29, 1.82) is 0 Å². The molecule has 106 valence electrons. The molecule has 0 saturated carbocycles. The molecule has 0 atom stereocenters. The van der Waals surface area contributed by atoms with Gasteiger partial charge in [0.25, 0.3) is 0 Å². The van der Waals surface area contributed by atoms with Crippen molar-refractivity contribution in [2.75, 3.05) is 17.2 Å². The molecule has 2 heterocycles. The molecule has 9 heteroatoms. The summed E-state index contributed by atoms with van der Waals surface area (Å²) in [6, 6.07) is 0. The first-order valence-electron chi connectivity index (χ1n) is 6.00. The Balaban J connectivity index is 2.18. The number of hydrogen-bond donors (Lipinski definition) is 2. The molecule has 0 aromatic carbocycles. The van der Waals surface area contributed by atoms with Crippen LogP contribution in [0.15, 0.2) is 16.8 Å². The van der Waals surface area contributed by atoms with Crippen LogP contribution in [0, 0.1) is 17.0 Å². The lowest BCUT2D eigenvalue weighted by Crippen LogP contribution is -2.09. The minimum absolute atomic E-state index is 0.122. The summed E-state index contributed by atoms with van der Waals surface area (Å²) < 4.78 is 5.28. The number of hydrogen-bond acceptors (Lipinski definition) is 8. The molecule has 0 saturated heterocycles. The minimum Gasteiger partial charge on any atom is -0.444 e. The molecule has 2 aromatic rings. The van der Waals surface area contributed by atoms with Crippen LogP contribution in [0.25, 0.3) is 0 Å². The maximum atomic E-state index is 10.9. The number of oxazole rings is 1. The Morgan fingerprint density at radius 3 is 2.75 bits per heavy atom. The quantitative estimate of drug-likeness (QED) is 0.605. The zero-order valence-electron chi connectivity index (χ0n) is 11.1. The zero-order valence-corrected chi connectivity index (χ0v) is 11.1. The van der Waals surface area contributed by atoms with E-state index in [1.807, 2.05) is 6.92 Å². The monoisotopic (exact) mass is 278 g/mol. The molecular weight excluding hydrogens is 264 g/mol. The first-order chi connectivity index (χ1) is 9.60. The molecule has 0 spiro atoms. The van der Waals surface area contributed by atoms with Crippen LogP contribution < -0.4 is 10.6 Å². The fourth-order valence-corrected chi connectivity index (χ4v) is 1.52. The molecule has 0 aliphatic rings. The van der Waals surface area contributed by atoms with Crippen molar-refractivity contribution in [3.05, 3.63) is 34.2 Å². The summed E-state index contributed by atoms with van der Waals surface area (Å²) >= 11 is 0. The Bertz CT molecular complexity index is 612. The van der Waals surface area contributed by atoms with E-state index in [-0.39, 0.29) is 18.1 Å². The Kier molecular flexibility index (Phi) is 4.08. The second-order valence-corrected chi connectivity index (χ2v) is 3.93. The first kappa shape index (κ1) is 13.7. The van der Waals surface area contributed by atoms with Crippen LogP contribution in [0.1, 0.15) is 18.6 Å². The summed E-state index contributed by atoms with van der Waals surface area (Å²) in [4.78, 5) is 22.3. The summed E-state index contributed by atoms with van der Waals surface area (Å²) in [5.74, 6) is 1.55. The van der Waals surface area contributed by atoms with Crippen LogP contribution in [-0.2, 0) is 6.54 Å². The zero-order chi connectivity index (χ0) is 14.5. The topological polar surface area (TPSA) is 119 Å².